The van der Waals surface area contributed by atoms with E-state index in [1.807, 2.05) is 14.1 Å². The number of carbonyl (C=O) groups excluding carboxylic acids is 1. The van der Waals surface area contributed by atoms with E-state index in [2.05, 4.69) is 64.5 Å². The van der Waals surface area contributed by atoms with E-state index in [9.17, 15) is 4.79 Å². The molecule has 2 aromatic carbocycles. The van der Waals surface area contributed by atoms with Crippen LogP contribution in [0.1, 0.15) is 31.7 Å². The van der Waals surface area contributed by atoms with Gasteiger partial charge in [0.25, 0.3) is 0 Å². The summed E-state index contributed by atoms with van der Waals surface area (Å²) in [6.45, 7) is 5.76. The second-order valence-corrected chi connectivity index (χ2v) is 9.79. The van der Waals surface area contributed by atoms with Gasteiger partial charge in [-0.1, -0.05) is 24.3 Å². The number of fused-ring (bicyclic) bond motifs is 4. The molecule has 2 bridgehead atoms. The van der Waals surface area contributed by atoms with E-state index in [1.54, 1.807) is 0 Å². The monoisotopic (exact) mass is 435 g/mol. The average Bonchev–Trinajstić information content (AvgIpc) is 2.79. The molecule has 4 heterocycles. The lowest BCUT2D eigenvalue weighted by Crippen LogP contribution is -2.54. The smallest absolute Gasteiger partial charge is 0.408 e. The van der Waals surface area contributed by atoms with Crippen LogP contribution >= 0.6 is 0 Å². The first kappa shape index (κ1) is 21.1. The molecule has 32 heavy (non-hydrogen) atoms. The third-order valence-corrected chi connectivity index (χ3v) is 7.36. The number of hydrogen-bond donors (Lipinski definition) is 1. The Hall–Kier alpha value is -2.73. The molecule has 1 N–H and O–H groups in total. The van der Waals surface area contributed by atoms with Gasteiger partial charge in [0.2, 0.25) is 0 Å². The molecule has 6 heteroatoms. The number of rotatable bonds is 4. The van der Waals surface area contributed by atoms with E-state index >= 15 is 0 Å². The van der Waals surface area contributed by atoms with Crippen molar-refractivity contribution in [1.82, 2.24) is 10.2 Å². The van der Waals surface area contributed by atoms with Crippen LogP contribution in [0.4, 0.5) is 10.5 Å². The summed E-state index contributed by atoms with van der Waals surface area (Å²) in [5.41, 5.74) is 3.89. The molecule has 0 radical (unpaired) electrons. The number of carbonyl (C=O) groups is 1. The first-order chi connectivity index (χ1) is 15.4. The molecule has 1 unspecified atom stereocenters. The summed E-state index contributed by atoms with van der Waals surface area (Å²) >= 11 is 0. The molecular weight excluding hydrogens is 402 g/mol. The summed E-state index contributed by atoms with van der Waals surface area (Å²) in [6.07, 6.45) is 2.66. The van der Waals surface area contributed by atoms with Gasteiger partial charge in [0.1, 0.15) is 11.9 Å². The van der Waals surface area contributed by atoms with Crippen LogP contribution in [0, 0.1) is 5.92 Å². The topological polar surface area (TPSA) is 54.0 Å². The number of piperidine rings is 3. The molecule has 1 amide bonds. The third-order valence-electron chi connectivity index (χ3n) is 7.36. The minimum Gasteiger partial charge on any atom is -0.493 e. The van der Waals surface area contributed by atoms with Gasteiger partial charge in [-0.2, -0.15) is 0 Å². The van der Waals surface area contributed by atoms with Crippen LogP contribution in [-0.2, 0) is 10.3 Å². The molecule has 2 atom stereocenters. The fraction of sp³-hybridized carbons (Fsp3) is 0.500. The van der Waals surface area contributed by atoms with Crippen molar-refractivity contribution >= 4 is 11.8 Å². The highest BCUT2D eigenvalue weighted by atomic mass is 16.6. The quantitative estimate of drug-likeness (QED) is 0.779. The van der Waals surface area contributed by atoms with E-state index in [-0.39, 0.29) is 12.2 Å². The van der Waals surface area contributed by atoms with Crippen molar-refractivity contribution < 1.29 is 14.3 Å². The summed E-state index contributed by atoms with van der Waals surface area (Å²) in [7, 11) is 4.09. The molecule has 0 spiro atoms. The van der Waals surface area contributed by atoms with Gasteiger partial charge in [-0.15, -0.1) is 0 Å². The van der Waals surface area contributed by atoms with Crippen molar-refractivity contribution in [2.75, 3.05) is 45.2 Å². The van der Waals surface area contributed by atoms with Crippen molar-refractivity contribution in [3.63, 3.8) is 0 Å². The summed E-state index contributed by atoms with van der Waals surface area (Å²) in [5, 5.41) is 3.18. The van der Waals surface area contributed by atoms with Crippen LogP contribution in [0.3, 0.4) is 0 Å². The Morgan fingerprint density at radius 3 is 2.66 bits per heavy atom. The predicted octanol–water partition coefficient (Wildman–Crippen LogP) is 4.24. The lowest BCUT2D eigenvalue weighted by Gasteiger charge is -2.44. The maximum absolute atomic E-state index is 12.9. The predicted molar refractivity (Wildman–Crippen MR) is 126 cm³/mol. The lowest BCUT2D eigenvalue weighted by atomic mass is 9.85. The van der Waals surface area contributed by atoms with E-state index in [0.717, 1.165) is 60.6 Å². The molecule has 2 aromatic rings. The fourth-order valence-corrected chi connectivity index (χ4v) is 5.31. The minimum atomic E-state index is -0.511. The second kappa shape index (κ2) is 8.32. The van der Waals surface area contributed by atoms with Gasteiger partial charge in [-0.25, -0.2) is 4.79 Å². The summed E-state index contributed by atoms with van der Waals surface area (Å²) in [6, 6.07) is 14.7. The fourth-order valence-electron chi connectivity index (χ4n) is 5.31. The molecule has 0 saturated carbocycles. The Bertz CT molecular complexity index is 1000. The van der Waals surface area contributed by atoms with E-state index in [1.165, 1.54) is 0 Å². The molecule has 0 aromatic heterocycles. The Kier molecular flexibility index (Phi) is 5.49. The van der Waals surface area contributed by atoms with Gasteiger partial charge in [0, 0.05) is 38.3 Å². The van der Waals surface area contributed by atoms with Gasteiger partial charge < -0.3 is 19.7 Å². The Morgan fingerprint density at radius 1 is 1.16 bits per heavy atom. The number of benzene rings is 2. The molecule has 0 aliphatic carbocycles. The zero-order valence-electron chi connectivity index (χ0n) is 19.3. The maximum atomic E-state index is 12.9. The molecule has 4 aliphatic heterocycles. The number of amides is 1. The van der Waals surface area contributed by atoms with Crippen LogP contribution in [0.15, 0.2) is 42.5 Å². The molecule has 4 aliphatic rings. The average molecular weight is 436 g/mol. The van der Waals surface area contributed by atoms with Crippen LogP contribution in [-0.4, -0.2) is 57.4 Å². The second-order valence-electron chi connectivity index (χ2n) is 9.79. The van der Waals surface area contributed by atoms with Crippen LogP contribution < -0.4 is 15.0 Å². The standard InChI is InChI=1S/C26H33N3O3/c1-26(27-25(30)32-24-17-29-12-9-18(24)10-13-29)11-14-31-23-16-20(7-8-22(23)26)19-5-4-6-21(15-19)28(2)3/h4-8,15-16,18,24H,9-14,17H2,1-3H3,(H,27,30)/t24-,26?/m0/s1. The van der Waals surface area contributed by atoms with Crippen LogP contribution in [0.2, 0.25) is 0 Å². The first-order valence-corrected chi connectivity index (χ1v) is 11.7. The normalized spacial score (nSPS) is 28.4. The van der Waals surface area contributed by atoms with Gasteiger partial charge in [-0.3, -0.25) is 4.90 Å². The van der Waals surface area contributed by atoms with E-state index < -0.39 is 5.54 Å². The van der Waals surface area contributed by atoms with Gasteiger partial charge >= 0.3 is 6.09 Å². The zero-order chi connectivity index (χ0) is 22.3. The van der Waals surface area contributed by atoms with Crippen molar-refractivity contribution in [2.24, 2.45) is 5.92 Å². The van der Waals surface area contributed by atoms with Gasteiger partial charge in [0.15, 0.2) is 0 Å². The Labute approximate surface area is 190 Å². The molecule has 6 nitrogen and oxygen atoms in total. The summed E-state index contributed by atoms with van der Waals surface area (Å²) in [5.74, 6) is 1.33. The highest BCUT2D eigenvalue weighted by Gasteiger charge is 2.39. The molecule has 170 valence electrons. The molecule has 3 saturated heterocycles. The first-order valence-electron chi connectivity index (χ1n) is 11.7. The van der Waals surface area contributed by atoms with Crippen molar-refractivity contribution in [2.45, 2.75) is 37.8 Å². The number of nitrogens with one attached hydrogen (secondary N) is 1. The van der Waals surface area contributed by atoms with Crippen LogP contribution in [0.5, 0.6) is 5.75 Å². The van der Waals surface area contributed by atoms with Crippen molar-refractivity contribution in [1.29, 1.82) is 0 Å². The SMILES string of the molecule is CN(C)c1cccc(-c2ccc3c(c2)OCCC3(C)NC(=O)O[C@H]2CN3CCC2CC3)c1. The lowest BCUT2D eigenvalue weighted by molar-refractivity contribution is -0.0358. The molecule has 6 rings (SSSR count). The molecule has 3 fully saturated rings. The molecular formula is C26H33N3O3. The number of nitrogens with zero attached hydrogens (tertiary/aromatic N) is 2. The number of hydrogen-bond acceptors (Lipinski definition) is 5. The highest BCUT2D eigenvalue weighted by Crippen LogP contribution is 2.40. The summed E-state index contributed by atoms with van der Waals surface area (Å²) < 4.78 is 11.9. The zero-order valence-corrected chi connectivity index (χ0v) is 19.3. The minimum absolute atomic E-state index is 0.00626. The van der Waals surface area contributed by atoms with Gasteiger partial charge in [0.05, 0.1) is 12.1 Å². The summed E-state index contributed by atoms with van der Waals surface area (Å²) in [4.78, 5) is 17.4. The number of ether oxygens (including phenoxy) is 2. The highest BCUT2D eigenvalue weighted by molar-refractivity contribution is 5.72. The maximum Gasteiger partial charge on any atom is 0.408 e. The van der Waals surface area contributed by atoms with Crippen LogP contribution in [0.25, 0.3) is 11.1 Å². The van der Waals surface area contributed by atoms with Gasteiger partial charge in [-0.05, 0) is 68.1 Å². The third kappa shape index (κ3) is 4.04. The largest absolute Gasteiger partial charge is 0.493 e. The number of alkyl carbamates (subject to hydrolysis) is 1. The number of anilines is 1. The van der Waals surface area contributed by atoms with Crippen molar-refractivity contribution in [3.05, 3.63) is 48.0 Å². The van der Waals surface area contributed by atoms with E-state index in [0.29, 0.717) is 18.9 Å². The van der Waals surface area contributed by atoms with E-state index in [4.69, 9.17) is 9.47 Å². The van der Waals surface area contributed by atoms with Crippen molar-refractivity contribution in [3.8, 4) is 16.9 Å². The Morgan fingerprint density at radius 2 is 1.94 bits per heavy atom. The Balaban J connectivity index is 1.33.